The summed E-state index contributed by atoms with van der Waals surface area (Å²) in [6.45, 7) is 6.57. The highest BCUT2D eigenvalue weighted by atomic mass is 16.5. The first kappa shape index (κ1) is 25.9. The number of nitrogens with zero attached hydrogens (tertiary/aromatic N) is 7. The minimum absolute atomic E-state index is 0.0470. The predicted octanol–water partition coefficient (Wildman–Crippen LogP) is 3.77. The topological polar surface area (TPSA) is 110 Å². The van der Waals surface area contributed by atoms with Gasteiger partial charge >= 0.3 is 6.01 Å². The monoisotopic (exact) mass is 522 g/mol. The van der Waals surface area contributed by atoms with E-state index in [0.29, 0.717) is 36.1 Å². The van der Waals surface area contributed by atoms with E-state index >= 15 is 0 Å². The summed E-state index contributed by atoms with van der Waals surface area (Å²) in [6, 6.07) is 17.4. The Labute approximate surface area is 226 Å². The lowest BCUT2D eigenvalue weighted by Gasteiger charge is -2.29. The number of hydrogen-bond acceptors (Lipinski definition) is 8. The number of likely N-dealkylation sites (N-methyl/N-ethyl adjacent to an activating group) is 1. The van der Waals surface area contributed by atoms with Crippen LogP contribution in [0, 0.1) is 0 Å². The molecule has 0 bridgehead atoms. The van der Waals surface area contributed by atoms with Crippen molar-refractivity contribution in [3.8, 4) is 28.5 Å². The standard InChI is InChI=1S/C29H30N8O2/c1-3-36(4-2)23(20-39-29-31-13-8-14-32-29)18-33-28(38)22-11-15-30-26(17-22)24-19-34-37-16-12-25(35-27(24)37)21-9-6-5-7-10-21/h5-17,19,23H,3-4,18,20H2,1-2H3,(H,33,38)/t23-/m1/s1. The lowest BCUT2D eigenvalue weighted by molar-refractivity contribution is 0.0910. The van der Waals surface area contributed by atoms with Crippen molar-refractivity contribution >= 4 is 11.6 Å². The number of ether oxygens (including phenoxy) is 1. The number of nitrogens with one attached hydrogen (secondary N) is 1. The molecule has 0 saturated heterocycles. The van der Waals surface area contributed by atoms with Gasteiger partial charge < -0.3 is 10.1 Å². The molecule has 0 radical (unpaired) electrons. The summed E-state index contributed by atoms with van der Waals surface area (Å²) >= 11 is 0. The van der Waals surface area contributed by atoms with Crippen molar-refractivity contribution in [1.29, 1.82) is 0 Å². The third kappa shape index (κ3) is 6.07. The van der Waals surface area contributed by atoms with Gasteiger partial charge in [-0.2, -0.15) is 5.10 Å². The fourth-order valence-electron chi connectivity index (χ4n) is 4.42. The number of hydrogen-bond donors (Lipinski definition) is 1. The van der Waals surface area contributed by atoms with Gasteiger partial charge in [0, 0.05) is 42.5 Å². The van der Waals surface area contributed by atoms with Gasteiger partial charge in [0.15, 0.2) is 5.65 Å². The molecule has 0 fully saturated rings. The van der Waals surface area contributed by atoms with Crippen LogP contribution in [0.3, 0.4) is 0 Å². The molecule has 1 N–H and O–H groups in total. The van der Waals surface area contributed by atoms with Crippen LogP contribution >= 0.6 is 0 Å². The Balaban J connectivity index is 1.32. The normalized spacial score (nSPS) is 12.0. The van der Waals surface area contributed by atoms with E-state index in [2.05, 4.69) is 44.1 Å². The number of fused-ring (bicyclic) bond motifs is 1. The Bertz CT molecular complexity index is 1520. The van der Waals surface area contributed by atoms with Crippen molar-refractivity contribution in [3.05, 3.63) is 91.1 Å². The zero-order valence-corrected chi connectivity index (χ0v) is 21.9. The Kier molecular flexibility index (Phi) is 8.13. The van der Waals surface area contributed by atoms with E-state index in [-0.39, 0.29) is 11.9 Å². The van der Waals surface area contributed by atoms with Crippen LogP contribution < -0.4 is 10.1 Å². The highest BCUT2D eigenvalue weighted by molar-refractivity contribution is 5.95. The highest BCUT2D eigenvalue weighted by Gasteiger charge is 2.20. The Morgan fingerprint density at radius 1 is 0.974 bits per heavy atom. The maximum Gasteiger partial charge on any atom is 0.316 e. The molecule has 0 aliphatic carbocycles. The quantitative estimate of drug-likeness (QED) is 0.279. The van der Waals surface area contributed by atoms with Crippen molar-refractivity contribution in [2.75, 3.05) is 26.2 Å². The van der Waals surface area contributed by atoms with E-state index in [1.165, 1.54) is 0 Å². The lowest BCUT2D eigenvalue weighted by atomic mass is 10.1. The third-order valence-corrected chi connectivity index (χ3v) is 6.51. The van der Waals surface area contributed by atoms with Gasteiger partial charge in [0.1, 0.15) is 6.61 Å². The van der Waals surface area contributed by atoms with Gasteiger partial charge in [-0.25, -0.2) is 19.5 Å². The predicted molar refractivity (Wildman–Crippen MR) is 148 cm³/mol. The molecule has 1 atom stereocenters. The van der Waals surface area contributed by atoms with E-state index in [1.807, 2.05) is 42.6 Å². The number of carbonyl (C=O) groups is 1. The largest absolute Gasteiger partial charge is 0.462 e. The molecular weight excluding hydrogens is 492 g/mol. The summed E-state index contributed by atoms with van der Waals surface area (Å²) in [6.07, 6.45) is 8.51. The second-order valence-electron chi connectivity index (χ2n) is 8.86. The molecule has 5 aromatic rings. The van der Waals surface area contributed by atoms with Gasteiger partial charge in [0.2, 0.25) is 0 Å². The Hall–Kier alpha value is -4.70. The van der Waals surface area contributed by atoms with Crippen molar-refractivity contribution in [2.24, 2.45) is 0 Å². The molecule has 0 saturated carbocycles. The fourth-order valence-corrected chi connectivity index (χ4v) is 4.42. The van der Waals surface area contributed by atoms with Crippen LogP contribution in [0.5, 0.6) is 6.01 Å². The summed E-state index contributed by atoms with van der Waals surface area (Å²) in [4.78, 5) is 33.0. The van der Waals surface area contributed by atoms with Gasteiger partial charge in [-0.1, -0.05) is 44.2 Å². The second-order valence-corrected chi connectivity index (χ2v) is 8.86. The first-order chi connectivity index (χ1) is 19.2. The van der Waals surface area contributed by atoms with E-state index in [1.54, 1.807) is 47.5 Å². The molecule has 39 heavy (non-hydrogen) atoms. The molecule has 10 nitrogen and oxygen atoms in total. The van der Waals surface area contributed by atoms with Crippen molar-refractivity contribution in [3.63, 3.8) is 0 Å². The fraction of sp³-hybridized carbons (Fsp3) is 0.241. The minimum Gasteiger partial charge on any atom is -0.462 e. The molecule has 0 aliphatic rings. The van der Waals surface area contributed by atoms with E-state index in [9.17, 15) is 4.79 Å². The molecule has 0 spiro atoms. The number of aromatic nitrogens is 6. The molecule has 4 heterocycles. The van der Waals surface area contributed by atoms with Crippen LogP contribution in [0.2, 0.25) is 0 Å². The molecule has 4 aromatic heterocycles. The van der Waals surface area contributed by atoms with Gasteiger partial charge in [0.25, 0.3) is 5.91 Å². The van der Waals surface area contributed by atoms with Gasteiger partial charge in [-0.3, -0.25) is 14.7 Å². The Morgan fingerprint density at radius 2 is 1.77 bits per heavy atom. The van der Waals surface area contributed by atoms with Gasteiger partial charge in [-0.05, 0) is 37.4 Å². The number of pyridine rings is 1. The maximum atomic E-state index is 13.2. The first-order valence-electron chi connectivity index (χ1n) is 12.9. The van der Waals surface area contributed by atoms with E-state index in [0.717, 1.165) is 29.9 Å². The summed E-state index contributed by atoms with van der Waals surface area (Å²) in [5, 5.41) is 7.49. The van der Waals surface area contributed by atoms with Crippen molar-refractivity contribution in [1.82, 2.24) is 39.8 Å². The molecular formula is C29H30N8O2. The van der Waals surface area contributed by atoms with Gasteiger partial charge in [0.05, 0.1) is 29.2 Å². The maximum absolute atomic E-state index is 13.2. The van der Waals surface area contributed by atoms with Crippen LogP contribution in [-0.4, -0.2) is 72.6 Å². The van der Waals surface area contributed by atoms with Crippen molar-refractivity contribution in [2.45, 2.75) is 19.9 Å². The third-order valence-electron chi connectivity index (χ3n) is 6.51. The summed E-state index contributed by atoms with van der Waals surface area (Å²) in [5.41, 5.74) is 4.40. The molecule has 0 unspecified atom stereocenters. The first-order valence-corrected chi connectivity index (χ1v) is 12.9. The molecule has 1 amide bonds. The summed E-state index contributed by atoms with van der Waals surface area (Å²) in [5.74, 6) is -0.193. The second kappa shape index (κ2) is 12.2. The van der Waals surface area contributed by atoms with Crippen LogP contribution in [-0.2, 0) is 0 Å². The van der Waals surface area contributed by atoms with Crippen LogP contribution in [0.1, 0.15) is 24.2 Å². The SMILES string of the molecule is CCN(CC)[C@H](CNC(=O)c1ccnc(-c2cnn3ccc(-c4ccccc4)nc23)c1)COc1ncccn1. The molecule has 5 rings (SSSR count). The Morgan fingerprint density at radius 3 is 2.54 bits per heavy atom. The van der Waals surface area contributed by atoms with Gasteiger partial charge in [-0.15, -0.1) is 0 Å². The lowest BCUT2D eigenvalue weighted by Crippen LogP contribution is -2.47. The molecule has 10 heteroatoms. The summed E-state index contributed by atoms with van der Waals surface area (Å²) in [7, 11) is 0. The zero-order chi connectivity index (χ0) is 27.0. The van der Waals surface area contributed by atoms with Crippen LogP contribution in [0.15, 0.2) is 85.6 Å². The van der Waals surface area contributed by atoms with Crippen molar-refractivity contribution < 1.29 is 9.53 Å². The van der Waals surface area contributed by atoms with E-state index < -0.39 is 0 Å². The number of benzene rings is 1. The zero-order valence-electron chi connectivity index (χ0n) is 21.9. The molecule has 1 aromatic carbocycles. The smallest absolute Gasteiger partial charge is 0.316 e. The van der Waals surface area contributed by atoms with Crippen LogP contribution in [0.4, 0.5) is 0 Å². The number of carbonyl (C=O) groups excluding carboxylic acids is 1. The highest BCUT2D eigenvalue weighted by Crippen LogP contribution is 2.25. The van der Waals surface area contributed by atoms with E-state index in [4.69, 9.17) is 9.72 Å². The average Bonchev–Trinajstić information content (AvgIpc) is 3.43. The average molecular weight is 523 g/mol. The minimum atomic E-state index is -0.193. The number of rotatable bonds is 11. The summed E-state index contributed by atoms with van der Waals surface area (Å²) < 4.78 is 7.51. The molecule has 0 aliphatic heterocycles. The molecule has 198 valence electrons. The van der Waals surface area contributed by atoms with Crippen LogP contribution in [0.25, 0.3) is 28.2 Å². The number of amides is 1.